The number of sulfonamides is 1. The SMILES string of the molecule is CN(CCCC1CN(C(=O)O)C(C)(C)C1)c1cccc(S(=O)(=O)NC(=O)c2ccc(-n3ccc(OCCC4(C(F)(F)F)CC4)n3)nc2Cl)n1. The summed E-state index contributed by atoms with van der Waals surface area (Å²) < 4.78 is 74.3. The smallest absolute Gasteiger partial charge is 0.407 e. The molecule has 3 aromatic rings. The lowest BCUT2D eigenvalue weighted by Gasteiger charge is -2.28. The summed E-state index contributed by atoms with van der Waals surface area (Å²) in [5.74, 6) is -0.221. The number of carbonyl (C=O) groups excluding carboxylic acids is 1. The fourth-order valence-electron chi connectivity index (χ4n) is 6.05. The molecule has 2 aliphatic rings. The number of anilines is 1. The van der Waals surface area contributed by atoms with Crippen molar-refractivity contribution in [2.75, 3.05) is 31.6 Å². The van der Waals surface area contributed by atoms with Crippen LogP contribution in [0.5, 0.6) is 5.88 Å². The Balaban J connectivity index is 1.15. The Hall–Kier alpha value is -4.12. The number of nitrogens with one attached hydrogen (secondary N) is 1. The molecule has 4 heterocycles. The molecular formula is C31H37ClF3N7O6S. The Morgan fingerprint density at radius 3 is 2.53 bits per heavy atom. The predicted octanol–water partition coefficient (Wildman–Crippen LogP) is 5.54. The zero-order valence-electron chi connectivity index (χ0n) is 27.1. The summed E-state index contributed by atoms with van der Waals surface area (Å²) in [6.07, 6.45) is -1.48. The van der Waals surface area contributed by atoms with Crippen molar-refractivity contribution in [2.24, 2.45) is 11.3 Å². The first-order chi connectivity index (χ1) is 22.9. The summed E-state index contributed by atoms with van der Waals surface area (Å²) in [4.78, 5) is 36.1. The number of carboxylic acid groups (broad SMARTS) is 1. The monoisotopic (exact) mass is 727 g/mol. The van der Waals surface area contributed by atoms with Crippen molar-refractivity contribution in [3.05, 3.63) is 53.3 Å². The number of carbonyl (C=O) groups is 2. The van der Waals surface area contributed by atoms with E-state index in [-0.39, 0.29) is 59.2 Å². The lowest BCUT2D eigenvalue weighted by atomic mass is 9.93. The zero-order chi connectivity index (χ0) is 35.8. The van der Waals surface area contributed by atoms with Gasteiger partial charge in [-0.05, 0) is 82.6 Å². The first kappa shape index (κ1) is 36.2. The number of amides is 2. The number of hydrogen-bond donors (Lipinski definition) is 2. The highest BCUT2D eigenvalue weighted by atomic mass is 35.5. The largest absolute Gasteiger partial charge is 0.477 e. The van der Waals surface area contributed by atoms with Crippen molar-refractivity contribution >= 4 is 39.4 Å². The van der Waals surface area contributed by atoms with E-state index in [2.05, 4.69) is 15.1 Å². The van der Waals surface area contributed by atoms with Crippen LogP contribution in [0.1, 0.15) is 62.7 Å². The number of hydrogen-bond acceptors (Lipinski definition) is 9. The predicted molar refractivity (Wildman–Crippen MR) is 173 cm³/mol. The van der Waals surface area contributed by atoms with Crippen LogP contribution in [0.2, 0.25) is 5.15 Å². The molecule has 18 heteroatoms. The molecule has 49 heavy (non-hydrogen) atoms. The number of nitrogens with zero attached hydrogens (tertiary/aromatic N) is 6. The summed E-state index contributed by atoms with van der Waals surface area (Å²) in [5, 5.41) is 12.9. The van der Waals surface area contributed by atoms with Crippen LogP contribution in [0.25, 0.3) is 5.82 Å². The molecule has 1 saturated heterocycles. The maximum absolute atomic E-state index is 13.1. The molecule has 1 saturated carbocycles. The van der Waals surface area contributed by atoms with Gasteiger partial charge >= 0.3 is 12.3 Å². The van der Waals surface area contributed by atoms with Gasteiger partial charge in [0.1, 0.15) is 11.0 Å². The molecule has 266 valence electrons. The Morgan fingerprint density at radius 1 is 1.16 bits per heavy atom. The van der Waals surface area contributed by atoms with Gasteiger partial charge in [0.15, 0.2) is 10.8 Å². The molecule has 2 N–H and O–H groups in total. The summed E-state index contributed by atoms with van der Waals surface area (Å²) in [7, 11) is -2.65. The number of pyridine rings is 2. The molecule has 3 aromatic heterocycles. The van der Waals surface area contributed by atoms with Crippen molar-refractivity contribution in [3.63, 3.8) is 0 Å². The van der Waals surface area contributed by atoms with Crippen molar-refractivity contribution < 1.29 is 41.0 Å². The normalized spacial score (nSPS) is 18.3. The second-order valence-corrected chi connectivity index (χ2v) is 15.1. The molecule has 1 aliphatic heterocycles. The fraction of sp³-hybridized carbons (Fsp3) is 0.516. The van der Waals surface area contributed by atoms with E-state index in [1.54, 1.807) is 18.0 Å². The van der Waals surface area contributed by atoms with E-state index in [0.29, 0.717) is 18.9 Å². The molecule has 0 aromatic carbocycles. The van der Waals surface area contributed by atoms with Crippen LogP contribution in [0.3, 0.4) is 0 Å². The third-order valence-electron chi connectivity index (χ3n) is 9.06. The maximum Gasteiger partial charge on any atom is 0.407 e. The highest BCUT2D eigenvalue weighted by Gasteiger charge is 2.62. The molecule has 1 aliphatic carbocycles. The standard InChI is InChI=1S/C31H37ClF3N7O6S/c1-29(2)18-20(19-41(29)28(44)45)6-5-15-40(3)22-7-4-8-25(36-22)49(46,47)39-27(43)21-9-10-23(37-26(21)32)42-16-11-24(38-42)48-17-14-30(12-13-30)31(33,34)35/h4,7-11,16,20H,5-6,12-15,17-19H2,1-3H3,(H,39,43)(H,44,45). The van der Waals surface area contributed by atoms with Crippen molar-refractivity contribution in [1.29, 1.82) is 0 Å². The number of likely N-dealkylation sites (tertiary alicyclic amines) is 1. The molecule has 13 nitrogen and oxygen atoms in total. The van der Waals surface area contributed by atoms with Crippen LogP contribution in [0.4, 0.5) is 23.8 Å². The quantitative estimate of drug-likeness (QED) is 0.214. The van der Waals surface area contributed by atoms with Gasteiger partial charge in [0, 0.05) is 37.9 Å². The van der Waals surface area contributed by atoms with Gasteiger partial charge in [-0.15, -0.1) is 5.10 Å². The Kier molecular flexibility index (Phi) is 10.1. The molecular weight excluding hydrogens is 691 g/mol. The fourth-order valence-corrected chi connectivity index (χ4v) is 7.22. The van der Waals surface area contributed by atoms with Crippen LogP contribution in [-0.2, 0) is 10.0 Å². The van der Waals surface area contributed by atoms with E-state index in [4.69, 9.17) is 16.3 Å². The second kappa shape index (κ2) is 13.7. The van der Waals surface area contributed by atoms with Crippen LogP contribution < -0.4 is 14.4 Å². The van der Waals surface area contributed by atoms with Crippen LogP contribution >= 0.6 is 11.6 Å². The highest BCUT2D eigenvalue weighted by Crippen LogP contribution is 2.59. The maximum atomic E-state index is 13.1. The molecule has 2 fully saturated rings. The van der Waals surface area contributed by atoms with Crippen molar-refractivity contribution in [3.8, 4) is 11.7 Å². The number of halogens is 4. The van der Waals surface area contributed by atoms with E-state index < -0.39 is 39.2 Å². The van der Waals surface area contributed by atoms with Gasteiger partial charge in [0.2, 0.25) is 5.88 Å². The lowest BCUT2D eigenvalue weighted by molar-refractivity contribution is -0.190. The molecule has 0 spiro atoms. The van der Waals surface area contributed by atoms with E-state index in [1.807, 2.05) is 18.6 Å². The number of ether oxygens (including phenoxy) is 1. The minimum absolute atomic E-state index is 0.0779. The highest BCUT2D eigenvalue weighted by molar-refractivity contribution is 7.90. The summed E-state index contributed by atoms with van der Waals surface area (Å²) in [6.45, 7) is 4.67. The number of alkyl halides is 3. The molecule has 1 atom stereocenters. The first-order valence-electron chi connectivity index (χ1n) is 15.6. The third kappa shape index (κ3) is 8.20. The van der Waals surface area contributed by atoms with Gasteiger partial charge in [-0.1, -0.05) is 17.7 Å². The molecule has 5 rings (SSSR count). The molecule has 1 unspecified atom stereocenters. The minimum Gasteiger partial charge on any atom is -0.477 e. The van der Waals surface area contributed by atoms with Gasteiger partial charge in [-0.3, -0.25) is 4.79 Å². The topological polar surface area (TPSA) is 160 Å². The third-order valence-corrected chi connectivity index (χ3v) is 10.6. The molecule has 2 amide bonds. The Bertz CT molecular complexity index is 1820. The lowest BCUT2D eigenvalue weighted by Crippen LogP contribution is -2.41. The Labute approximate surface area is 286 Å². The summed E-state index contributed by atoms with van der Waals surface area (Å²) in [6, 6.07) is 8.47. The second-order valence-electron chi connectivity index (χ2n) is 13.1. The van der Waals surface area contributed by atoms with E-state index >= 15 is 0 Å². The zero-order valence-corrected chi connectivity index (χ0v) is 28.6. The summed E-state index contributed by atoms with van der Waals surface area (Å²) in [5.41, 5.74) is -2.35. The van der Waals surface area contributed by atoms with Crippen molar-refractivity contribution in [2.45, 2.75) is 69.1 Å². The van der Waals surface area contributed by atoms with E-state index in [9.17, 15) is 36.3 Å². The van der Waals surface area contributed by atoms with Gasteiger partial charge < -0.3 is 19.6 Å². The van der Waals surface area contributed by atoms with Gasteiger partial charge in [0.05, 0.1) is 17.6 Å². The average Bonchev–Trinajstić information content (AvgIpc) is 3.56. The van der Waals surface area contributed by atoms with E-state index in [0.717, 1.165) is 19.3 Å². The van der Waals surface area contributed by atoms with Gasteiger partial charge in [0.25, 0.3) is 15.9 Å². The van der Waals surface area contributed by atoms with Crippen molar-refractivity contribution in [1.82, 2.24) is 29.4 Å². The number of rotatable bonds is 13. The van der Waals surface area contributed by atoms with Gasteiger partial charge in [-0.2, -0.15) is 21.6 Å². The molecule has 0 radical (unpaired) electrons. The van der Waals surface area contributed by atoms with Crippen LogP contribution in [0.15, 0.2) is 47.6 Å². The molecule has 0 bridgehead atoms. The van der Waals surface area contributed by atoms with Gasteiger partial charge in [-0.25, -0.2) is 24.2 Å². The minimum atomic E-state index is -4.41. The van der Waals surface area contributed by atoms with Crippen LogP contribution in [0, 0.1) is 11.3 Å². The first-order valence-corrected chi connectivity index (χ1v) is 17.4. The van der Waals surface area contributed by atoms with E-state index in [1.165, 1.54) is 46.1 Å². The number of aromatic nitrogens is 4. The average molecular weight is 728 g/mol. The summed E-state index contributed by atoms with van der Waals surface area (Å²) >= 11 is 6.24. The van der Waals surface area contributed by atoms with Crippen LogP contribution in [-0.4, -0.2) is 88.6 Å². The Morgan fingerprint density at radius 2 is 1.90 bits per heavy atom.